The largest absolute Gasteiger partial charge is 0.480 e. The number of halogens is 1. The maximum atomic E-state index is 12.1. The molecule has 1 aliphatic rings. The van der Waals surface area contributed by atoms with E-state index in [1.165, 1.54) is 0 Å². The van der Waals surface area contributed by atoms with Crippen LogP contribution in [-0.2, 0) is 16.6 Å². The molecule has 4 rings (SSSR count). The Balaban J connectivity index is 1.69. The van der Waals surface area contributed by atoms with Crippen molar-refractivity contribution in [3.8, 4) is 17.6 Å². The molecule has 30 heavy (non-hydrogen) atoms. The van der Waals surface area contributed by atoms with Gasteiger partial charge in [0.05, 0.1) is 6.07 Å². The number of aliphatic carboxylic acids is 1. The van der Waals surface area contributed by atoms with Gasteiger partial charge in [0.15, 0.2) is 5.41 Å². The molecule has 1 aliphatic carbocycles. The third-order valence-electron chi connectivity index (χ3n) is 5.53. The first-order chi connectivity index (χ1) is 14.5. The van der Waals surface area contributed by atoms with Gasteiger partial charge in [-0.3, -0.25) is 4.79 Å². The Labute approximate surface area is 180 Å². The summed E-state index contributed by atoms with van der Waals surface area (Å²) in [5.41, 5.74) is 0.643. The monoisotopic (exact) mass is 417 g/mol. The van der Waals surface area contributed by atoms with Crippen molar-refractivity contribution in [1.82, 2.24) is 0 Å². The Morgan fingerprint density at radius 1 is 1.07 bits per heavy atom. The van der Waals surface area contributed by atoms with Crippen LogP contribution in [-0.4, -0.2) is 11.1 Å². The number of ether oxygens (including phenoxy) is 1. The third-order valence-corrected chi connectivity index (χ3v) is 5.90. The Kier molecular flexibility index (Phi) is 5.48. The predicted molar refractivity (Wildman–Crippen MR) is 115 cm³/mol. The first-order valence-electron chi connectivity index (χ1n) is 9.79. The molecule has 0 bridgehead atoms. The number of carboxylic acid groups (broad SMARTS) is 1. The molecule has 4 nitrogen and oxygen atoms in total. The van der Waals surface area contributed by atoms with E-state index in [1.807, 2.05) is 54.6 Å². The summed E-state index contributed by atoms with van der Waals surface area (Å²) >= 11 is 6.46. The summed E-state index contributed by atoms with van der Waals surface area (Å²) in [6.45, 7) is 0. The topological polar surface area (TPSA) is 70.3 Å². The molecule has 1 atom stereocenters. The molecule has 1 fully saturated rings. The number of hydrogen-bond acceptors (Lipinski definition) is 3. The molecular weight excluding hydrogens is 398 g/mol. The fraction of sp³-hybridized carbons (Fsp3) is 0.200. The minimum absolute atomic E-state index is 0.164. The fourth-order valence-electron chi connectivity index (χ4n) is 3.78. The maximum Gasteiger partial charge on any atom is 0.328 e. The van der Waals surface area contributed by atoms with E-state index in [1.54, 1.807) is 18.2 Å². The Hall–Kier alpha value is -3.29. The summed E-state index contributed by atoms with van der Waals surface area (Å²) in [4.78, 5) is 12.1. The summed E-state index contributed by atoms with van der Waals surface area (Å²) in [5.74, 6) is 0.168. The van der Waals surface area contributed by atoms with Gasteiger partial charge in [-0.15, -0.1) is 0 Å². The second kappa shape index (κ2) is 8.22. The van der Waals surface area contributed by atoms with E-state index in [0.717, 1.165) is 29.7 Å². The Bertz CT molecular complexity index is 1120. The first kappa shape index (κ1) is 20.0. The van der Waals surface area contributed by atoms with E-state index in [0.29, 0.717) is 22.8 Å². The second-order valence-electron chi connectivity index (χ2n) is 7.51. The van der Waals surface area contributed by atoms with E-state index in [-0.39, 0.29) is 5.92 Å². The quantitative estimate of drug-likeness (QED) is 0.513. The summed E-state index contributed by atoms with van der Waals surface area (Å²) in [7, 11) is 0. The summed E-state index contributed by atoms with van der Waals surface area (Å²) in [6.07, 6.45) is 1.94. The van der Waals surface area contributed by atoms with Crippen LogP contribution in [0.3, 0.4) is 0 Å². The minimum atomic E-state index is -1.53. The molecule has 3 aromatic carbocycles. The number of carboxylic acids is 1. The molecule has 0 saturated heterocycles. The lowest BCUT2D eigenvalue weighted by atomic mass is 9.76. The molecule has 0 aromatic heterocycles. The van der Waals surface area contributed by atoms with Crippen LogP contribution in [0.1, 0.15) is 29.5 Å². The Morgan fingerprint density at radius 3 is 2.43 bits per heavy atom. The summed E-state index contributed by atoms with van der Waals surface area (Å²) < 4.78 is 6.04. The van der Waals surface area contributed by atoms with E-state index >= 15 is 0 Å². The SMILES string of the molecule is N#CC(C(=O)O)(c1ccc(Cl)c(Cc2ccccc2Oc2ccccc2)c1)C1CC1. The van der Waals surface area contributed by atoms with Gasteiger partial charge in [0.2, 0.25) is 0 Å². The maximum absolute atomic E-state index is 12.1. The molecule has 150 valence electrons. The van der Waals surface area contributed by atoms with E-state index < -0.39 is 11.4 Å². The molecule has 0 aliphatic heterocycles. The number of nitriles is 1. The zero-order valence-corrected chi connectivity index (χ0v) is 17.0. The molecule has 0 spiro atoms. The average Bonchev–Trinajstić information content (AvgIpc) is 3.59. The third kappa shape index (κ3) is 3.77. The van der Waals surface area contributed by atoms with Gasteiger partial charge in [-0.05, 0) is 59.7 Å². The van der Waals surface area contributed by atoms with Gasteiger partial charge >= 0.3 is 5.97 Å². The van der Waals surface area contributed by atoms with Crippen LogP contribution >= 0.6 is 11.6 Å². The summed E-state index contributed by atoms with van der Waals surface area (Å²) in [6, 6.07) is 24.4. The molecular formula is C25H20ClNO3. The van der Waals surface area contributed by atoms with E-state index in [4.69, 9.17) is 16.3 Å². The van der Waals surface area contributed by atoms with Crippen LogP contribution in [0.25, 0.3) is 0 Å². The van der Waals surface area contributed by atoms with Crippen molar-refractivity contribution in [1.29, 1.82) is 5.26 Å². The summed E-state index contributed by atoms with van der Waals surface area (Å²) in [5, 5.41) is 20.2. The molecule has 0 amide bonds. The van der Waals surface area contributed by atoms with Crippen LogP contribution < -0.4 is 4.74 Å². The minimum Gasteiger partial charge on any atom is -0.480 e. The van der Waals surface area contributed by atoms with Crippen LogP contribution in [0, 0.1) is 17.2 Å². The molecule has 3 aromatic rings. The van der Waals surface area contributed by atoms with Crippen molar-refractivity contribution < 1.29 is 14.6 Å². The van der Waals surface area contributed by atoms with Gasteiger partial charge in [0.25, 0.3) is 0 Å². The molecule has 1 saturated carbocycles. The van der Waals surface area contributed by atoms with Crippen molar-refractivity contribution in [3.05, 3.63) is 94.5 Å². The standard InChI is InChI=1S/C25H20ClNO3/c26-22-13-12-20(25(16-27,24(28)29)19-10-11-19)15-18(22)14-17-6-4-5-9-23(17)30-21-7-2-1-3-8-21/h1-9,12-13,15,19H,10-11,14H2,(H,28,29). The van der Waals surface area contributed by atoms with E-state index in [9.17, 15) is 15.2 Å². The van der Waals surface area contributed by atoms with Gasteiger partial charge in [0, 0.05) is 11.4 Å². The molecule has 1 unspecified atom stereocenters. The normalized spacial score (nSPS) is 15.1. The van der Waals surface area contributed by atoms with Gasteiger partial charge in [0.1, 0.15) is 11.5 Å². The second-order valence-corrected chi connectivity index (χ2v) is 7.91. The van der Waals surface area contributed by atoms with Gasteiger partial charge in [-0.2, -0.15) is 5.26 Å². The highest BCUT2D eigenvalue weighted by molar-refractivity contribution is 6.31. The predicted octanol–water partition coefficient (Wildman–Crippen LogP) is 5.98. The fourth-order valence-corrected chi connectivity index (χ4v) is 3.96. The zero-order valence-electron chi connectivity index (χ0n) is 16.2. The number of hydrogen-bond donors (Lipinski definition) is 1. The lowest BCUT2D eigenvalue weighted by Crippen LogP contribution is -2.36. The lowest BCUT2D eigenvalue weighted by molar-refractivity contribution is -0.142. The molecule has 5 heteroatoms. The highest BCUT2D eigenvalue weighted by Gasteiger charge is 2.53. The van der Waals surface area contributed by atoms with Crippen LogP contribution in [0.5, 0.6) is 11.5 Å². The van der Waals surface area contributed by atoms with Gasteiger partial charge < -0.3 is 9.84 Å². The van der Waals surface area contributed by atoms with Crippen molar-refractivity contribution >= 4 is 17.6 Å². The highest BCUT2D eigenvalue weighted by atomic mass is 35.5. The Morgan fingerprint density at radius 2 is 1.77 bits per heavy atom. The van der Waals surface area contributed by atoms with Crippen molar-refractivity contribution in [2.45, 2.75) is 24.7 Å². The molecule has 0 radical (unpaired) electrons. The number of benzene rings is 3. The number of carbonyl (C=O) groups is 1. The van der Waals surface area contributed by atoms with Crippen molar-refractivity contribution in [2.24, 2.45) is 5.92 Å². The van der Waals surface area contributed by atoms with E-state index in [2.05, 4.69) is 6.07 Å². The average molecular weight is 418 g/mol. The first-order valence-corrected chi connectivity index (χ1v) is 10.2. The van der Waals surface area contributed by atoms with Crippen molar-refractivity contribution in [3.63, 3.8) is 0 Å². The van der Waals surface area contributed by atoms with Gasteiger partial charge in [-0.25, -0.2) is 0 Å². The smallest absolute Gasteiger partial charge is 0.328 e. The number of rotatable bonds is 7. The highest BCUT2D eigenvalue weighted by Crippen LogP contribution is 2.48. The number of nitrogens with zero attached hydrogens (tertiary/aromatic N) is 1. The van der Waals surface area contributed by atoms with Crippen LogP contribution in [0.2, 0.25) is 5.02 Å². The van der Waals surface area contributed by atoms with Crippen molar-refractivity contribution in [2.75, 3.05) is 0 Å². The zero-order chi connectivity index (χ0) is 21.1. The number of para-hydroxylation sites is 2. The van der Waals surface area contributed by atoms with Gasteiger partial charge in [-0.1, -0.05) is 60.1 Å². The molecule has 1 N–H and O–H groups in total. The lowest BCUT2D eigenvalue weighted by Gasteiger charge is -2.23. The van der Waals surface area contributed by atoms with Crippen LogP contribution in [0.4, 0.5) is 0 Å². The van der Waals surface area contributed by atoms with Crippen LogP contribution in [0.15, 0.2) is 72.8 Å². The molecule has 0 heterocycles.